The first-order valence-electron chi connectivity index (χ1n) is 7.37. The van der Waals surface area contributed by atoms with Gasteiger partial charge in [-0.1, -0.05) is 66.7 Å². The molecule has 3 heteroatoms. The van der Waals surface area contributed by atoms with Crippen molar-refractivity contribution in [3.63, 3.8) is 0 Å². The van der Waals surface area contributed by atoms with Crippen LogP contribution in [-0.2, 0) is 0 Å². The molecule has 0 aliphatic rings. The molecule has 3 aromatic rings. The van der Waals surface area contributed by atoms with E-state index < -0.39 is 0 Å². The lowest BCUT2D eigenvalue weighted by molar-refractivity contribution is 0.104. The van der Waals surface area contributed by atoms with E-state index in [9.17, 15) is 4.79 Å². The maximum Gasteiger partial charge on any atom is 0.187 e. The quantitative estimate of drug-likeness (QED) is 0.560. The zero-order chi connectivity index (χ0) is 15.9. The van der Waals surface area contributed by atoms with Gasteiger partial charge < -0.3 is 5.32 Å². The minimum Gasteiger partial charge on any atom is -0.340 e. The van der Waals surface area contributed by atoms with E-state index in [4.69, 9.17) is 0 Å². The number of rotatable bonds is 5. The van der Waals surface area contributed by atoms with Crippen LogP contribution < -0.4 is 5.32 Å². The molecule has 3 rings (SSSR count). The second-order valence-electron chi connectivity index (χ2n) is 4.99. The van der Waals surface area contributed by atoms with Gasteiger partial charge in [-0.25, -0.2) is 4.98 Å². The summed E-state index contributed by atoms with van der Waals surface area (Å²) in [5.74, 6) is 0.649. The number of anilines is 1. The zero-order valence-electron chi connectivity index (χ0n) is 12.5. The number of carbonyl (C=O) groups excluding carboxylic acids is 1. The molecule has 0 atom stereocenters. The van der Waals surface area contributed by atoms with Gasteiger partial charge in [0.1, 0.15) is 5.82 Å². The highest BCUT2D eigenvalue weighted by Crippen LogP contribution is 2.18. The Balaban J connectivity index is 1.95. The van der Waals surface area contributed by atoms with Crippen molar-refractivity contribution in [2.45, 2.75) is 0 Å². The van der Waals surface area contributed by atoms with E-state index in [0.29, 0.717) is 11.4 Å². The van der Waals surface area contributed by atoms with Crippen molar-refractivity contribution >= 4 is 17.3 Å². The van der Waals surface area contributed by atoms with Crippen LogP contribution in [0.2, 0.25) is 0 Å². The van der Waals surface area contributed by atoms with Crippen LogP contribution in [0.1, 0.15) is 15.9 Å². The standard InChI is InChI=1S/C20H16N2O/c23-19(17-11-5-2-6-12-17)15-18(16-9-3-1-4-10-16)22-20-13-7-8-14-21-20/h1-15H,(H,21,22)/b18-15+. The van der Waals surface area contributed by atoms with Crippen molar-refractivity contribution in [1.29, 1.82) is 0 Å². The third-order valence-corrected chi connectivity index (χ3v) is 3.35. The summed E-state index contributed by atoms with van der Waals surface area (Å²) < 4.78 is 0. The summed E-state index contributed by atoms with van der Waals surface area (Å²) in [6, 6.07) is 24.6. The van der Waals surface area contributed by atoms with Gasteiger partial charge in [0, 0.05) is 17.8 Å². The zero-order valence-corrected chi connectivity index (χ0v) is 12.5. The van der Waals surface area contributed by atoms with Crippen molar-refractivity contribution in [2.75, 3.05) is 5.32 Å². The van der Waals surface area contributed by atoms with Gasteiger partial charge in [0.05, 0.1) is 5.70 Å². The first-order chi connectivity index (χ1) is 11.3. The molecule has 0 saturated carbocycles. The van der Waals surface area contributed by atoms with Crippen molar-refractivity contribution < 1.29 is 4.79 Å². The number of aromatic nitrogens is 1. The third-order valence-electron chi connectivity index (χ3n) is 3.35. The van der Waals surface area contributed by atoms with E-state index in [1.54, 1.807) is 12.3 Å². The number of benzene rings is 2. The average Bonchev–Trinajstić information content (AvgIpc) is 2.63. The fourth-order valence-electron chi connectivity index (χ4n) is 2.20. The summed E-state index contributed by atoms with van der Waals surface area (Å²) in [7, 11) is 0. The molecule has 1 aromatic heterocycles. The van der Waals surface area contributed by atoms with Crippen LogP contribution in [0.5, 0.6) is 0 Å². The summed E-state index contributed by atoms with van der Waals surface area (Å²) in [4.78, 5) is 16.7. The largest absolute Gasteiger partial charge is 0.340 e. The minimum absolute atomic E-state index is 0.0483. The molecule has 23 heavy (non-hydrogen) atoms. The fraction of sp³-hybridized carbons (Fsp3) is 0. The van der Waals surface area contributed by atoms with E-state index in [0.717, 1.165) is 11.3 Å². The van der Waals surface area contributed by atoms with Crippen LogP contribution in [0.4, 0.5) is 5.82 Å². The third kappa shape index (κ3) is 3.92. The number of pyridine rings is 1. The first-order valence-corrected chi connectivity index (χ1v) is 7.37. The highest BCUT2D eigenvalue weighted by molar-refractivity contribution is 6.09. The predicted molar refractivity (Wildman–Crippen MR) is 93.1 cm³/mol. The van der Waals surface area contributed by atoms with Gasteiger partial charge in [0.15, 0.2) is 5.78 Å². The van der Waals surface area contributed by atoms with Crippen molar-refractivity contribution in [3.8, 4) is 0 Å². The lowest BCUT2D eigenvalue weighted by Gasteiger charge is -2.10. The highest BCUT2D eigenvalue weighted by atomic mass is 16.1. The van der Waals surface area contributed by atoms with Crippen molar-refractivity contribution in [1.82, 2.24) is 4.98 Å². The molecule has 1 heterocycles. The molecule has 0 aliphatic heterocycles. The smallest absolute Gasteiger partial charge is 0.187 e. The van der Waals surface area contributed by atoms with Gasteiger partial charge in [0.25, 0.3) is 0 Å². The number of allylic oxidation sites excluding steroid dienone is 1. The van der Waals surface area contributed by atoms with Crippen LogP contribution in [0.3, 0.4) is 0 Å². The van der Waals surface area contributed by atoms with Gasteiger partial charge in [-0.3, -0.25) is 4.79 Å². The molecule has 0 amide bonds. The van der Waals surface area contributed by atoms with Gasteiger partial charge in [0.2, 0.25) is 0 Å². The molecule has 0 aliphatic carbocycles. The van der Waals surface area contributed by atoms with E-state index in [-0.39, 0.29) is 5.78 Å². The molecule has 2 aromatic carbocycles. The summed E-state index contributed by atoms with van der Waals surface area (Å²) in [5, 5.41) is 3.23. The number of nitrogens with one attached hydrogen (secondary N) is 1. The average molecular weight is 300 g/mol. The molecule has 0 fully saturated rings. The maximum atomic E-state index is 12.5. The summed E-state index contributed by atoms with van der Waals surface area (Å²) in [6.45, 7) is 0. The molecule has 112 valence electrons. The van der Waals surface area contributed by atoms with E-state index in [1.807, 2.05) is 78.9 Å². The number of nitrogens with zero attached hydrogens (tertiary/aromatic N) is 1. The molecule has 1 N–H and O–H groups in total. The highest BCUT2D eigenvalue weighted by Gasteiger charge is 2.07. The number of hydrogen-bond acceptors (Lipinski definition) is 3. The number of ketones is 1. The summed E-state index contributed by atoms with van der Waals surface area (Å²) in [6.07, 6.45) is 3.32. The Morgan fingerprint density at radius 1 is 0.783 bits per heavy atom. The molecule has 0 saturated heterocycles. The Kier molecular flexibility index (Phi) is 4.60. The lowest BCUT2D eigenvalue weighted by atomic mass is 10.1. The molecule has 3 nitrogen and oxygen atoms in total. The van der Waals surface area contributed by atoms with Crippen molar-refractivity contribution in [3.05, 3.63) is 102 Å². The Morgan fingerprint density at radius 2 is 1.39 bits per heavy atom. The topological polar surface area (TPSA) is 42.0 Å². The fourth-order valence-corrected chi connectivity index (χ4v) is 2.20. The maximum absolute atomic E-state index is 12.5. The van der Waals surface area contributed by atoms with Gasteiger partial charge in [-0.15, -0.1) is 0 Å². The molecule has 0 radical (unpaired) electrons. The molecular formula is C20H16N2O. The summed E-state index contributed by atoms with van der Waals surface area (Å²) in [5.41, 5.74) is 2.31. The van der Waals surface area contributed by atoms with E-state index >= 15 is 0 Å². The lowest BCUT2D eigenvalue weighted by Crippen LogP contribution is -2.04. The van der Waals surface area contributed by atoms with Crippen LogP contribution in [0, 0.1) is 0 Å². The molecular weight excluding hydrogens is 284 g/mol. The Hall–Kier alpha value is -3.20. The van der Waals surface area contributed by atoms with Gasteiger partial charge >= 0.3 is 0 Å². The predicted octanol–water partition coefficient (Wildman–Crippen LogP) is 4.42. The SMILES string of the molecule is O=C(/C=C(/Nc1ccccn1)c1ccccc1)c1ccccc1. The van der Waals surface area contributed by atoms with E-state index in [2.05, 4.69) is 10.3 Å². The van der Waals surface area contributed by atoms with Crippen LogP contribution >= 0.6 is 0 Å². The van der Waals surface area contributed by atoms with Gasteiger partial charge in [-0.2, -0.15) is 0 Å². The number of hydrogen-bond donors (Lipinski definition) is 1. The Labute approximate surface area is 135 Å². The second kappa shape index (κ2) is 7.18. The first kappa shape index (κ1) is 14.7. The Bertz CT molecular complexity index is 797. The minimum atomic E-state index is -0.0483. The van der Waals surface area contributed by atoms with Crippen LogP contribution in [0.15, 0.2) is 91.1 Å². The summed E-state index contributed by atoms with van der Waals surface area (Å²) >= 11 is 0. The van der Waals surface area contributed by atoms with Crippen LogP contribution in [0.25, 0.3) is 5.70 Å². The Morgan fingerprint density at radius 3 is 2.00 bits per heavy atom. The van der Waals surface area contributed by atoms with Gasteiger partial charge in [-0.05, 0) is 17.7 Å². The van der Waals surface area contributed by atoms with Crippen molar-refractivity contribution in [2.24, 2.45) is 0 Å². The molecule has 0 spiro atoms. The molecule has 0 unspecified atom stereocenters. The number of carbonyl (C=O) groups is 1. The normalized spacial score (nSPS) is 11.0. The van der Waals surface area contributed by atoms with Crippen LogP contribution in [-0.4, -0.2) is 10.8 Å². The monoisotopic (exact) mass is 300 g/mol. The van der Waals surface area contributed by atoms with E-state index in [1.165, 1.54) is 0 Å². The second-order valence-corrected chi connectivity index (χ2v) is 4.99. The molecule has 0 bridgehead atoms.